The molecule has 0 atom stereocenters. The molecule has 3 heteroatoms. The van der Waals surface area contributed by atoms with Crippen LogP contribution in [0.2, 0.25) is 0 Å². The number of carbonyl (C=O) groups is 1. The maximum Gasteiger partial charge on any atom is 0.242 e. The smallest absolute Gasteiger partial charge is 0.242 e. The van der Waals surface area contributed by atoms with Crippen molar-refractivity contribution in [3.05, 3.63) is 35.9 Å². The van der Waals surface area contributed by atoms with Crippen molar-refractivity contribution in [3.63, 3.8) is 0 Å². The topological polar surface area (TPSA) is 41.5 Å². The molecular weight excluding hydrogens is 200 g/mol. The third kappa shape index (κ3) is 4.26. The molecule has 0 unspecified atom stereocenters. The Morgan fingerprint density at radius 2 is 1.94 bits per heavy atom. The maximum absolute atomic E-state index is 11.3. The molecule has 16 heavy (non-hydrogen) atoms. The number of nitrogens with zero attached hydrogens (tertiary/aromatic N) is 1. The van der Waals surface area contributed by atoms with Gasteiger partial charge in [0, 0.05) is 18.1 Å². The number of carbonyl (C=O) groups excluding carboxylic acids is 1. The standard InChI is InChI=1S/C13H18N2O/c1-10(2)13(16)15-14-11(3)9-12-7-5-4-6-8-12/h4-8,10H,9H2,1-3H3,(H,15,16). The summed E-state index contributed by atoms with van der Waals surface area (Å²) >= 11 is 0. The van der Waals surface area contributed by atoms with Crippen LogP contribution in [0, 0.1) is 5.92 Å². The summed E-state index contributed by atoms with van der Waals surface area (Å²) in [5, 5.41) is 4.06. The SMILES string of the molecule is CC(Cc1ccccc1)=NNC(=O)C(C)C. The lowest BCUT2D eigenvalue weighted by atomic mass is 10.1. The number of benzene rings is 1. The second-order valence-electron chi connectivity index (χ2n) is 4.14. The van der Waals surface area contributed by atoms with E-state index in [-0.39, 0.29) is 11.8 Å². The average molecular weight is 218 g/mol. The van der Waals surface area contributed by atoms with Gasteiger partial charge in [0.05, 0.1) is 0 Å². The summed E-state index contributed by atoms with van der Waals surface area (Å²) in [5.74, 6) is -0.0827. The van der Waals surface area contributed by atoms with Gasteiger partial charge < -0.3 is 0 Å². The molecule has 0 aliphatic rings. The van der Waals surface area contributed by atoms with Gasteiger partial charge in [-0.3, -0.25) is 4.79 Å². The highest BCUT2D eigenvalue weighted by Gasteiger charge is 2.04. The van der Waals surface area contributed by atoms with Crippen molar-refractivity contribution in [1.29, 1.82) is 0 Å². The van der Waals surface area contributed by atoms with Gasteiger partial charge in [-0.1, -0.05) is 44.2 Å². The molecule has 1 aromatic rings. The molecule has 0 radical (unpaired) electrons. The van der Waals surface area contributed by atoms with Crippen LogP contribution in [0.4, 0.5) is 0 Å². The van der Waals surface area contributed by atoms with Crippen LogP contribution >= 0.6 is 0 Å². The fourth-order valence-electron chi connectivity index (χ4n) is 1.21. The highest BCUT2D eigenvalue weighted by Crippen LogP contribution is 2.00. The van der Waals surface area contributed by atoms with E-state index in [1.54, 1.807) is 0 Å². The van der Waals surface area contributed by atoms with E-state index in [9.17, 15) is 4.79 Å². The van der Waals surface area contributed by atoms with Crippen LogP contribution in [0.1, 0.15) is 26.3 Å². The van der Waals surface area contributed by atoms with Crippen LogP contribution in [0.5, 0.6) is 0 Å². The van der Waals surface area contributed by atoms with E-state index in [1.807, 2.05) is 51.1 Å². The molecule has 0 fully saturated rings. The van der Waals surface area contributed by atoms with Crippen LogP contribution in [0.3, 0.4) is 0 Å². The summed E-state index contributed by atoms with van der Waals surface area (Å²) < 4.78 is 0. The number of amides is 1. The Balaban J connectivity index is 2.49. The zero-order chi connectivity index (χ0) is 12.0. The van der Waals surface area contributed by atoms with E-state index in [1.165, 1.54) is 5.56 Å². The summed E-state index contributed by atoms with van der Waals surface area (Å²) in [4.78, 5) is 11.3. The number of hydrazone groups is 1. The highest BCUT2D eigenvalue weighted by atomic mass is 16.2. The highest BCUT2D eigenvalue weighted by molar-refractivity contribution is 5.86. The molecule has 0 saturated heterocycles. The van der Waals surface area contributed by atoms with Gasteiger partial charge in [-0.15, -0.1) is 0 Å². The van der Waals surface area contributed by atoms with Crippen LogP contribution < -0.4 is 5.43 Å². The fourth-order valence-corrected chi connectivity index (χ4v) is 1.21. The molecular formula is C13H18N2O. The Bertz CT molecular complexity index is 369. The molecule has 1 N–H and O–H groups in total. The first-order valence-corrected chi connectivity index (χ1v) is 5.46. The summed E-state index contributed by atoms with van der Waals surface area (Å²) in [6.07, 6.45) is 0.763. The monoisotopic (exact) mass is 218 g/mol. The van der Waals surface area contributed by atoms with Gasteiger partial charge in [0.15, 0.2) is 0 Å². The zero-order valence-corrected chi connectivity index (χ0v) is 10.0. The molecule has 0 spiro atoms. The van der Waals surface area contributed by atoms with Gasteiger partial charge in [0.1, 0.15) is 0 Å². The van der Waals surface area contributed by atoms with Gasteiger partial charge in [0.2, 0.25) is 5.91 Å². The zero-order valence-electron chi connectivity index (χ0n) is 10.0. The third-order valence-electron chi connectivity index (χ3n) is 2.18. The van der Waals surface area contributed by atoms with E-state index >= 15 is 0 Å². The maximum atomic E-state index is 11.3. The fraction of sp³-hybridized carbons (Fsp3) is 0.385. The Morgan fingerprint density at radius 3 is 2.50 bits per heavy atom. The number of rotatable bonds is 4. The lowest BCUT2D eigenvalue weighted by Gasteiger charge is -2.04. The van der Waals surface area contributed by atoms with Crippen LogP contribution in [-0.4, -0.2) is 11.6 Å². The van der Waals surface area contributed by atoms with Crippen LogP contribution in [-0.2, 0) is 11.2 Å². The second-order valence-corrected chi connectivity index (χ2v) is 4.14. The summed E-state index contributed by atoms with van der Waals surface area (Å²) in [6, 6.07) is 10.1. The van der Waals surface area contributed by atoms with Crippen molar-refractivity contribution >= 4 is 11.6 Å². The molecule has 1 aromatic carbocycles. The first-order valence-electron chi connectivity index (χ1n) is 5.46. The van der Waals surface area contributed by atoms with Crippen molar-refractivity contribution in [2.45, 2.75) is 27.2 Å². The quantitative estimate of drug-likeness (QED) is 0.612. The van der Waals surface area contributed by atoms with Gasteiger partial charge in [-0.25, -0.2) is 5.43 Å². The van der Waals surface area contributed by atoms with Gasteiger partial charge in [-0.05, 0) is 12.5 Å². The minimum atomic E-state index is -0.0487. The first-order chi connectivity index (χ1) is 7.59. The molecule has 1 rings (SSSR count). The van der Waals surface area contributed by atoms with E-state index < -0.39 is 0 Å². The predicted molar refractivity (Wildman–Crippen MR) is 66.2 cm³/mol. The largest absolute Gasteiger partial charge is 0.273 e. The van der Waals surface area contributed by atoms with Crippen molar-refractivity contribution in [2.24, 2.45) is 11.0 Å². The Kier molecular flexibility index (Phi) is 4.70. The van der Waals surface area contributed by atoms with E-state index in [0.717, 1.165) is 12.1 Å². The molecule has 86 valence electrons. The lowest BCUT2D eigenvalue weighted by Crippen LogP contribution is -2.24. The van der Waals surface area contributed by atoms with Gasteiger partial charge >= 0.3 is 0 Å². The first kappa shape index (κ1) is 12.4. The van der Waals surface area contributed by atoms with Crippen molar-refractivity contribution in [2.75, 3.05) is 0 Å². The van der Waals surface area contributed by atoms with Crippen molar-refractivity contribution in [1.82, 2.24) is 5.43 Å². The van der Waals surface area contributed by atoms with Crippen molar-refractivity contribution < 1.29 is 4.79 Å². The third-order valence-corrected chi connectivity index (χ3v) is 2.18. The summed E-state index contributed by atoms with van der Waals surface area (Å²) in [6.45, 7) is 5.60. The minimum absolute atomic E-state index is 0.0340. The summed E-state index contributed by atoms with van der Waals surface area (Å²) in [5.41, 5.74) is 4.65. The number of nitrogens with one attached hydrogen (secondary N) is 1. The van der Waals surface area contributed by atoms with Crippen molar-refractivity contribution in [3.8, 4) is 0 Å². The van der Waals surface area contributed by atoms with Crippen LogP contribution in [0.25, 0.3) is 0 Å². The molecule has 3 nitrogen and oxygen atoms in total. The second kappa shape index (κ2) is 6.05. The molecule has 0 aromatic heterocycles. The Morgan fingerprint density at radius 1 is 1.31 bits per heavy atom. The lowest BCUT2D eigenvalue weighted by molar-refractivity contribution is -0.123. The Hall–Kier alpha value is -1.64. The molecule has 1 amide bonds. The normalized spacial score (nSPS) is 11.6. The molecule has 0 heterocycles. The molecule has 0 aliphatic carbocycles. The van der Waals surface area contributed by atoms with Gasteiger partial charge in [-0.2, -0.15) is 5.10 Å². The molecule has 0 saturated carbocycles. The molecule has 0 bridgehead atoms. The Labute approximate surface area is 96.6 Å². The minimum Gasteiger partial charge on any atom is -0.273 e. The average Bonchev–Trinajstić information content (AvgIpc) is 2.27. The number of hydrogen-bond donors (Lipinski definition) is 1. The van der Waals surface area contributed by atoms with E-state index in [4.69, 9.17) is 0 Å². The van der Waals surface area contributed by atoms with E-state index in [2.05, 4.69) is 10.5 Å². The van der Waals surface area contributed by atoms with E-state index in [0.29, 0.717) is 0 Å². The number of hydrogen-bond acceptors (Lipinski definition) is 2. The predicted octanol–water partition coefficient (Wildman–Crippen LogP) is 2.38. The molecule has 0 aliphatic heterocycles. The van der Waals surface area contributed by atoms with Crippen LogP contribution in [0.15, 0.2) is 35.4 Å². The summed E-state index contributed by atoms with van der Waals surface area (Å²) in [7, 11) is 0. The van der Waals surface area contributed by atoms with Gasteiger partial charge in [0.25, 0.3) is 0 Å².